The molecule has 0 unspecified atom stereocenters. The van der Waals surface area contributed by atoms with E-state index in [9.17, 15) is 47.9 Å². The molecule has 1 aromatic carbocycles. The molecule has 5 rings (SSSR count). The lowest BCUT2D eigenvalue weighted by Gasteiger charge is -2.30. The smallest absolute Gasteiger partial charge is 0.323 e. The summed E-state index contributed by atoms with van der Waals surface area (Å²) in [7, 11) is 0. The first-order chi connectivity index (χ1) is 45.7. The number of carboxylic acid groups (broad SMARTS) is 5. The number of nitrogens with zero attached hydrogens (tertiary/aromatic N) is 5. The van der Waals surface area contributed by atoms with Crippen LogP contribution in [0.5, 0.6) is 5.75 Å². The molecule has 32 heteroatoms. The van der Waals surface area contributed by atoms with Crippen LogP contribution in [0.15, 0.2) is 49.3 Å². The van der Waals surface area contributed by atoms with E-state index in [2.05, 4.69) is 51.2 Å². The molecular formula is C67H118N16O16. The van der Waals surface area contributed by atoms with Crippen LogP contribution in [0.3, 0.4) is 0 Å². The lowest BCUT2D eigenvalue weighted by Crippen LogP contribution is -2.47. The standard InChI is InChI=1S/C15H24N2O2.C14H23N3O2.C13H18O2.C8H17NO2.C6H11NO2.C4H7N5O2.C4H10N2O2.C3H8N2O2/c1-14(2,3)13(19)15(4,5)8-12(18)7-6-11-9-16-10-17-11;1-13(2,3)11(18)14(4,5)12(19)16-7-6-10-8-15-9-17-10;1-13(2,3)12(15)9-6-10-4-7-11(14)8-5-10;9-7-5-3-1-2-4-6-8(10)11;1-6(5(8)9)3-2-4-7-6;5-2(4(10)11)1-3-6-8-9-7-3;5-2-1-3(6)4(7)8;4-1-2(5)3(6)7/h9-10H,6-8H2,1-5H3,(H,16,17);8-9H,6-7H2,1-5H3,(H,15,17)(H,16,19);4-5,7-8,14H,6,9H2,1-3H3;1-7,9H2,(H,10,11);7H,2-4H2,1H3,(H,8,9);2H,1,5H2,(H,10,11)(H,6,7,8,9);3H,1-2,5-6H2,(H,7,8);2H,1,4-5H2,(H,6,7)/t;;;;6-;2-;3-;2-/m....0000/s1. The SMILES string of the molecule is CC(C)(C)C(=O)C(C)(C)C(=O)NCCc1cnc[nH]1.CC(C)(C)C(=O)C(C)(C)CC(=O)CCc1cnc[nH]1.CC(C)(C)C(=O)CCc1ccc(O)cc1.C[C@@]1(C(=O)O)CCCN1.NCCCCCCCC(=O)O.NCC[C@H](N)C(=O)O.NC[C@H](N)C(=O)O.N[C@@H](Cc1nn[nH]n1)C(=O)O. The van der Waals surface area contributed by atoms with Crippen LogP contribution in [0.25, 0.3) is 0 Å². The van der Waals surface area contributed by atoms with Crippen molar-refractivity contribution in [1.29, 1.82) is 0 Å². The summed E-state index contributed by atoms with van der Waals surface area (Å²) < 4.78 is 0. The predicted octanol–water partition coefficient (Wildman–Crippen LogP) is 4.43. The summed E-state index contributed by atoms with van der Waals surface area (Å²) in [6, 6.07) is 4.34. The molecule has 99 heavy (non-hydrogen) atoms. The van der Waals surface area contributed by atoms with Crippen molar-refractivity contribution in [3.8, 4) is 5.75 Å². The molecule has 1 saturated heterocycles. The van der Waals surface area contributed by atoms with Crippen molar-refractivity contribution in [3.63, 3.8) is 0 Å². The second kappa shape index (κ2) is 48.5. The largest absolute Gasteiger partial charge is 0.508 e. The minimum Gasteiger partial charge on any atom is -0.508 e. The average Bonchev–Trinajstić information content (AvgIpc) is 1.65. The van der Waals surface area contributed by atoms with E-state index in [0.717, 1.165) is 81.4 Å². The number of hydrogen-bond donors (Lipinski definition) is 17. The highest BCUT2D eigenvalue weighted by atomic mass is 16.4. The number of H-pyrrole nitrogens is 3. The van der Waals surface area contributed by atoms with Crippen molar-refractivity contribution in [2.45, 2.75) is 223 Å². The molecule has 23 N–H and O–H groups in total. The van der Waals surface area contributed by atoms with Gasteiger partial charge >= 0.3 is 29.8 Å². The molecule has 0 spiro atoms. The van der Waals surface area contributed by atoms with Gasteiger partial charge in [-0.25, -0.2) is 9.97 Å². The summed E-state index contributed by atoms with van der Waals surface area (Å²) >= 11 is 0. The van der Waals surface area contributed by atoms with Gasteiger partial charge in [0.05, 0.1) is 12.7 Å². The first-order valence-electron chi connectivity index (χ1n) is 32.8. The number of aromatic hydroxyl groups is 1. The van der Waals surface area contributed by atoms with Gasteiger partial charge in [-0.05, 0) is 103 Å². The van der Waals surface area contributed by atoms with Crippen LogP contribution in [-0.2, 0) is 73.6 Å². The summed E-state index contributed by atoms with van der Waals surface area (Å²) in [5, 5.41) is 68.8. The van der Waals surface area contributed by atoms with Crippen molar-refractivity contribution >= 4 is 58.9 Å². The Morgan fingerprint density at radius 2 is 1.13 bits per heavy atom. The number of aromatic nitrogens is 8. The Balaban J connectivity index is -0.00000109. The van der Waals surface area contributed by atoms with Crippen molar-refractivity contribution < 1.29 is 78.6 Å². The number of nitrogens with two attached hydrogens (primary N) is 6. The average molecular weight is 1400 g/mol. The number of ketones is 4. The molecule has 4 aromatic rings. The number of nitrogens with one attached hydrogen (secondary N) is 5. The van der Waals surface area contributed by atoms with Gasteiger partial charge in [0.1, 0.15) is 52.2 Å². The minimum atomic E-state index is -1.07. The highest BCUT2D eigenvalue weighted by Crippen LogP contribution is 2.33. The number of rotatable bonds is 30. The van der Waals surface area contributed by atoms with Crippen LogP contribution in [0, 0.1) is 27.1 Å². The van der Waals surface area contributed by atoms with Gasteiger partial charge in [-0.15, -0.1) is 10.2 Å². The first-order valence-corrected chi connectivity index (χ1v) is 32.8. The minimum absolute atomic E-state index is 0.00463. The van der Waals surface area contributed by atoms with Crippen LogP contribution in [0.2, 0.25) is 0 Å². The van der Waals surface area contributed by atoms with E-state index in [1.807, 2.05) is 88.3 Å². The summed E-state index contributed by atoms with van der Waals surface area (Å²) in [5.41, 5.74) is 29.9. The maximum absolute atomic E-state index is 12.3. The fraction of sp³-hybridized carbons (Fsp3) is 0.657. The zero-order valence-corrected chi connectivity index (χ0v) is 60.7. The van der Waals surface area contributed by atoms with Gasteiger partial charge < -0.3 is 85.6 Å². The number of amides is 1. The maximum Gasteiger partial charge on any atom is 0.323 e. The Bertz CT molecular complexity index is 2950. The molecule has 1 amide bonds. The van der Waals surface area contributed by atoms with Crippen LogP contribution in [-0.4, -0.2) is 186 Å². The summed E-state index contributed by atoms with van der Waals surface area (Å²) in [4.78, 5) is 124. The Morgan fingerprint density at radius 1 is 0.616 bits per heavy atom. The highest BCUT2D eigenvalue weighted by Gasteiger charge is 2.42. The van der Waals surface area contributed by atoms with Gasteiger partial charge in [0, 0.05) is 97.1 Å². The maximum atomic E-state index is 12.3. The second-order valence-corrected chi connectivity index (χ2v) is 27.9. The van der Waals surface area contributed by atoms with Gasteiger partial charge in [-0.3, -0.25) is 47.9 Å². The fourth-order valence-corrected chi connectivity index (χ4v) is 8.65. The number of carbonyl (C=O) groups is 10. The summed E-state index contributed by atoms with van der Waals surface area (Å²) in [6.45, 7) is 28.2. The van der Waals surface area contributed by atoms with Crippen molar-refractivity contribution in [2.24, 2.45) is 61.5 Å². The van der Waals surface area contributed by atoms with Crippen molar-refractivity contribution in [1.82, 2.24) is 51.2 Å². The Kier molecular flexibility index (Phi) is 46.5. The molecule has 0 aliphatic carbocycles. The summed E-state index contributed by atoms with van der Waals surface area (Å²) in [5.74, 6) is -3.73. The monoisotopic (exact) mass is 1400 g/mol. The number of aromatic amines is 3. The molecule has 562 valence electrons. The lowest BCUT2D eigenvalue weighted by atomic mass is 9.72. The Labute approximate surface area is 581 Å². The third-order valence-electron chi connectivity index (χ3n) is 14.5. The zero-order chi connectivity index (χ0) is 77.0. The molecule has 1 fully saturated rings. The van der Waals surface area contributed by atoms with Crippen LogP contribution < -0.4 is 45.0 Å². The Morgan fingerprint density at radius 3 is 1.51 bits per heavy atom. The number of phenolic OH excluding ortho intramolecular Hbond substituents is 1. The van der Waals surface area contributed by atoms with E-state index in [0.29, 0.717) is 63.9 Å². The van der Waals surface area contributed by atoms with Gasteiger partial charge in [-0.1, -0.05) is 113 Å². The lowest BCUT2D eigenvalue weighted by molar-refractivity contribution is -0.145. The van der Waals surface area contributed by atoms with Crippen LogP contribution in [0.4, 0.5) is 0 Å². The van der Waals surface area contributed by atoms with Gasteiger partial charge in [-0.2, -0.15) is 5.21 Å². The number of carboxylic acids is 5. The van der Waals surface area contributed by atoms with E-state index >= 15 is 0 Å². The molecule has 0 bridgehead atoms. The number of aryl methyl sites for hydroxylation is 2. The number of hydrogen-bond acceptors (Lipinski definition) is 23. The fourth-order valence-electron chi connectivity index (χ4n) is 8.65. The normalized spacial score (nSPS) is 14.2. The third-order valence-corrected chi connectivity index (χ3v) is 14.5. The molecule has 0 saturated carbocycles. The van der Waals surface area contributed by atoms with E-state index in [4.69, 9.17) is 65.0 Å². The number of tetrazole rings is 1. The van der Waals surface area contributed by atoms with Crippen molar-refractivity contribution in [3.05, 3.63) is 72.1 Å². The molecule has 1 aliphatic heterocycles. The molecule has 32 nitrogen and oxygen atoms in total. The van der Waals surface area contributed by atoms with Crippen molar-refractivity contribution in [2.75, 3.05) is 32.7 Å². The molecule has 4 heterocycles. The van der Waals surface area contributed by atoms with E-state index in [-0.39, 0.29) is 53.2 Å². The molecule has 4 atom stereocenters. The number of unbranched alkanes of at least 4 members (excludes halogenated alkanes) is 4. The number of phenols is 1. The van der Waals surface area contributed by atoms with Gasteiger partial charge in [0.15, 0.2) is 11.6 Å². The zero-order valence-electron chi connectivity index (χ0n) is 60.7. The third kappa shape index (κ3) is 45.1. The molecular weight excluding hydrogens is 1280 g/mol. The van der Waals surface area contributed by atoms with E-state index in [1.165, 1.54) is 0 Å². The number of aliphatic carboxylic acids is 5. The number of imidazole rings is 2. The number of carbonyl (C=O) groups excluding carboxylic acids is 5. The van der Waals surface area contributed by atoms with Gasteiger partial charge in [0.25, 0.3) is 0 Å². The second-order valence-electron chi connectivity index (χ2n) is 27.9. The van der Waals surface area contributed by atoms with E-state index < -0.39 is 75.2 Å². The summed E-state index contributed by atoms with van der Waals surface area (Å²) in [6.07, 6.45) is 17.6. The van der Waals surface area contributed by atoms with Crippen LogP contribution >= 0.6 is 0 Å². The Hall–Kier alpha value is -8.27. The number of benzene rings is 1. The molecule has 1 aliphatic rings. The number of Topliss-reactive ketones (excluding diaryl/α,β-unsaturated/α-hetero) is 4. The van der Waals surface area contributed by atoms with Crippen LogP contribution in [0.1, 0.15) is 197 Å². The predicted molar refractivity (Wildman–Crippen MR) is 374 cm³/mol. The van der Waals surface area contributed by atoms with Gasteiger partial charge in [0.2, 0.25) is 5.91 Å². The molecule has 3 aromatic heterocycles. The highest BCUT2D eigenvalue weighted by molar-refractivity contribution is 6.07. The molecule has 0 radical (unpaired) electrons. The quantitative estimate of drug-likeness (QED) is 0.0253. The first kappa shape index (κ1) is 94.9. The topological polar surface area (TPSA) is 584 Å². The van der Waals surface area contributed by atoms with E-state index in [1.54, 1.807) is 58.0 Å².